The highest BCUT2D eigenvalue weighted by Crippen LogP contribution is 2.30. The molecule has 0 bridgehead atoms. The molecule has 18 nitrogen and oxygen atoms in total. The molecule has 0 saturated heterocycles. The molecule has 0 fully saturated rings. The Hall–Kier alpha value is -6.72. The molecule has 0 saturated carbocycles. The van der Waals surface area contributed by atoms with E-state index in [4.69, 9.17) is 24.2 Å². The summed E-state index contributed by atoms with van der Waals surface area (Å²) in [6, 6.07) is 10.8. The minimum absolute atomic E-state index is 0.00569. The first-order valence-electron chi connectivity index (χ1n) is 18.6. The van der Waals surface area contributed by atoms with Crippen molar-refractivity contribution in [1.29, 1.82) is 0 Å². The Bertz CT molecular complexity index is 1960. The van der Waals surface area contributed by atoms with E-state index in [1.54, 1.807) is 31.2 Å². The zero-order valence-corrected chi connectivity index (χ0v) is 32.5. The van der Waals surface area contributed by atoms with Gasteiger partial charge in [0.2, 0.25) is 12.3 Å². The van der Waals surface area contributed by atoms with Crippen LogP contribution in [-0.4, -0.2) is 93.8 Å². The largest absolute Gasteiger partial charge is 0.481 e. The molecule has 1 heterocycles. The van der Waals surface area contributed by atoms with Crippen molar-refractivity contribution in [3.05, 3.63) is 77.0 Å². The number of aliphatic carboxylic acids is 3. The van der Waals surface area contributed by atoms with Crippen LogP contribution < -0.4 is 20.7 Å². The third-order valence-corrected chi connectivity index (χ3v) is 8.95. The van der Waals surface area contributed by atoms with E-state index in [0.717, 1.165) is 23.5 Å². The Morgan fingerprint density at radius 2 is 1.59 bits per heavy atom. The van der Waals surface area contributed by atoms with Gasteiger partial charge in [0.1, 0.15) is 17.6 Å². The van der Waals surface area contributed by atoms with E-state index in [1.165, 1.54) is 30.3 Å². The van der Waals surface area contributed by atoms with Crippen LogP contribution in [0.15, 0.2) is 59.0 Å². The van der Waals surface area contributed by atoms with Crippen LogP contribution in [0.3, 0.4) is 0 Å². The van der Waals surface area contributed by atoms with Gasteiger partial charge in [-0.25, -0.2) is 14.4 Å². The second-order valence-electron chi connectivity index (χ2n) is 13.4. The number of ether oxygens (including phenoxy) is 1. The van der Waals surface area contributed by atoms with Gasteiger partial charge in [-0.2, -0.15) is 5.06 Å². The first-order valence-corrected chi connectivity index (χ1v) is 18.6. The Balaban J connectivity index is 1.74. The number of amides is 4. The number of carboxylic acid groups (broad SMARTS) is 3. The number of nitrogens with zero attached hydrogens (tertiary/aromatic N) is 1. The molecule has 0 spiro atoms. The molecule has 6 N–H and O–H groups in total. The smallest absolute Gasteiger partial charge is 0.363 e. The fourth-order valence-corrected chi connectivity index (χ4v) is 6.03. The normalized spacial score (nSPS) is 12.4. The van der Waals surface area contributed by atoms with Gasteiger partial charge in [-0.3, -0.25) is 24.0 Å². The van der Waals surface area contributed by atoms with Crippen molar-refractivity contribution in [2.75, 3.05) is 13.3 Å². The number of hydrogen-bond acceptors (Lipinski definition) is 11. The number of hydroxylamine groups is 2. The first kappa shape index (κ1) is 45.7. The standard InChI is InChI=1S/C40H48N4O14/c1-5-7-8-13-27(30(6-2)44(22-45)58-40(55)26-12-10-9-11-25(26)23(3)4)36(50)41-21-42-38(52)32-17-16-31(57-32)24-14-15-28(33(18-24)56-20-35(48)49)37(51)43-29(39(53)54)19-34(46)47/h9-12,14-18,22-23,27,29-30H,5-8,13,19-21H2,1-4H3,(H,41,50)(H,42,52)(H,43,51)(H,46,47)(H,48,49)(H,53,54)/t27-,29+,30-/m1/s1. The summed E-state index contributed by atoms with van der Waals surface area (Å²) in [6.07, 6.45) is 2.40. The molecule has 18 heteroatoms. The van der Waals surface area contributed by atoms with E-state index in [1.807, 2.05) is 20.8 Å². The summed E-state index contributed by atoms with van der Waals surface area (Å²) in [4.78, 5) is 104. The third-order valence-electron chi connectivity index (χ3n) is 8.95. The summed E-state index contributed by atoms with van der Waals surface area (Å²) in [5, 5.41) is 35.6. The summed E-state index contributed by atoms with van der Waals surface area (Å²) in [7, 11) is 0. The molecular formula is C40H48N4O14. The number of hydrogen-bond donors (Lipinski definition) is 6. The van der Waals surface area contributed by atoms with E-state index in [2.05, 4.69) is 16.0 Å². The lowest BCUT2D eigenvalue weighted by Crippen LogP contribution is -2.49. The molecule has 0 radical (unpaired) electrons. The Kier molecular flexibility index (Phi) is 17.4. The highest BCUT2D eigenvalue weighted by atomic mass is 16.7. The van der Waals surface area contributed by atoms with E-state index in [9.17, 15) is 43.5 Å². The van der Waals surface area contributed by atoms with Gasteiger partial charge in [0.05, 0.1) is 36.2 Å². The summed E-state index contributed by atoms with van der Waals surface area (Å²) in [5.41, 5.74) is 0.958. The van der Waals surface area contributed by atoms with Gasteiger partial charge >= 0.3 is 23.9 Å². The zero-order valence-electron chi connectivity index (χ0n) is 32.5. The molecule has 2 aromatic carbocycles. The predicted molar refractivity (Wildman–Crippen MR) is 204 cm³/mol. The molecule has 312 valence electrons. The quantitative estimate of drug-likeness (QED) is 0.0321. The molecule has 3 rings (SSSR count). The average Bonchev–Trinajstić information content (AvgIpc) is 3.69. The van der Waals surface area contributed by atoms with Crippen LogP contribution in [0.4, 0.5) is 0 Å². The van der Waals surface area contributed by atoms with Gasteiger partial charge in [-0.05, 0) is 54.7 Å². The monoisotopic (exact) mass is 808 g/mol. The number of carbonyl (C=O) groups excluding carboxylic acids is 5. The summed E-state index contributed by atoms with van der Waals surface area (Å²) in [5.74, 6) is -8.70. The van der Waals surface area contributed by atoms with Gasteiger partial charge in [-0.15, -0.1) is 0 Å². The molecular weight excluding hydrogens is 760 g/mol. The lowest BCUT2D eigenvalue weighted by Gasteiger charge is -2.32. The lowest BCUT2D eigenvalue weighted by atomic mass is 9.90. The fourth-order valence-electron chi connectivity index (χ4n) is 6.03. The SMILES string of the molecule is CCCCC[C@@H](C(=O)NCNC(=O)c1ccc(-c2ccc(C(=O)N[C@@H](CC(=O)O)C(=O)O)c(OCC(=O)O)c2)o1)[C@@H](CC)N(C=O)OC(=O)c1ccccc1C(C)C. The highest BCUT2D eigenvalue weighted by Gasteiger charge is 2.34. The van der Waals surface area contributed by atoms with Crippen LogP contribution >= 0.6 is 0 Å². The van der Waals surface area contributed by atoms with Crippen molar-refractivity contribution in [3.8, 4) is 17.1 Å². The van der Waals surface area contributed by atoms with Crippen LogP contribution in [-0.2, 0) is 28.8 Å². The number of unbranched alkanes of at least 4 members (excludes halogenated alkanes) is 2. The molecule has 58 heavy (non-hydrogen) atoms. The van der Waals surface area contributed by atoms with Crippen molar-refractivity contribution in [1.82, 2.24) is 21.0 Å². The van der Waals surface area contributed by atoms with E-state index in [0.29, 0.717) is 24.8 Å². The second-order valence-corrected chi connectivity index (χ2v) is 13.4. The maximum atomic E-state index is 13.6. The molecule has 1 aromatic heterocycles. The number of furan rings is 1. The second kappa shape index (κ2) is 22.1. The van der Waals surface area contributed by atoms with Gasteiger partial charge in [-0.1, -0.05) is 71.2 Å². The number of rotatable bonds is 24. The van der Waals surface area contributed by atoms with E-state index < -0.39 is 72.6 Å². The molecule has 0 aliphatic carbocycles. The number of nitrogens with one attached hydrogen (secondary N) is 3. The molecule has 0 aliphatic rings. The van der Waals surface area contributed by atoms with Gasteiger partial charge < -0.3 is 45.3 Å². The number of carboxylic acids is 3. The topological polar surface area (TPSA) is 268 Å². The fraction of sp³-hybridized carbons (Fsp3) is 0.400. The van der Waals surface area contributed by atoms with Gasteiger partial charge in [0, 0.05) is 5.56 Å². The summed E-state index contributed by atoms with van der Waals surface area (Å²) < 4.78 is 10.9. The number of carbonyl (C=O) groups is 8. The van der Waals surface area contributed by atoms with E-state index >= 15 is 0 Å². The van der Waals surface area contributed by atoms with Crippen molar-refractivity contribution < 1.29 is 67.7 Å². The van der Waals surface area contributed by atoms with Gasteiger partial charge in [0.25, 0.3) is 11.8 Å². The van der Waals surface area contributed by atoms with Gasteiger partial charge in [0.15, 0.2) is 12.4 Å². The first-order chi connectivity index (χ1) is 27.6. The minimum atomic E-state index is -1.79. The van der Waals surface area contributed by atoms with Crippen LogP contribution in [0.25, 0.3) is 11.3 Å². The van der Waals surface area contributed by atoms with Crippen molar-refractivity contribution in [2.24, 2.45) is 5.92 Å². The van der Waals surface area contributed by atoms with Crippen molar-refractivity contribution in [3.63, 3.8) is 0 Å². The van der Waals surface area contributed by atoms with Crippen LogP contribution in [0.1, 0.15) is 109 Å². The Morgan fingerprint density at radius 1 is 0.862 bits per heavy atom. The summed E-state index contributed by atoms with van der Waals surface area (Å²) in [6.45, 7) is 6.38. The zero-order chi connectivity index (χ0) is 42.9. The highest BCUT2D eigenvalue weighted by molar-refractivity contribution is 6.00. The van der Waals surface area contributed by atoms with Crippen LogP contribution in [0.2, 0.25) is 0 Å². The van der Waals surface area contributed by atoms with Crippen molar-refractivity contribution in [2.45, 2.75) is 84.2 Å². The minimum Gasteiger partial charge on any atom is -0.481 e. The number of benzene rings is 2. The molecule has 0 aliphatic heterocycles. The molecule has 3 aromatic rings. The molecule has 0 unspecified atom stereocenters. The van der Waals surface area contributed by atoms with Crippen LogP contribution in [0.5, 0.6) is 5.75 Å². The maximum Gasteiger partial charge on any atom is 0.363 e. The molecule has 3 atom stereocenters. The summed E-state index contributed by atoms with van der Waals surface area (Å²) >= 11 is 0. The lowest BCUT2D eigenvalue weighted by molar-refractivity contribution is -0.171. The molecule has 4 amide bonds. The van der Waals surface area contributed by atoms with Crippen LogP contribution in [0, 0.1) is 5.92 Å². The van der Waals surface area contributed by atoms with E-state index in [-0.39, 0.29) is 47.4 Å². The third kappa shape index (κ3) is 12.9. The Labute approximate surface area is 333 Å². The Morgan fingerprint density at radius 3 is 2.21 bits per heavy atom. The van der Waals surface area contributed by atoms with Crippen molar-refractivity contribution >= 4 is 48.0 Å². The average molecular weight is 809 g/mol. The predicted octanol–water partition coefficient (Wildman–Crippen LogP) is 4.20. The maximum absolute atomic E-state index is 13.6.